The molecule has 0 saturated heterocycles. The Morgan fingerprint density at radius 1 is 1.03 bits per heavy atom. The Hall–Kier alpha value is -4.69. The summed E-state index contributed by atoms with van der Waals surface area (Å²) in [4.78, 5) is 48.3. The molecule has 0 aliphatic heterocycles. The molecule has 3 aromatic rings. The fourth-order valence-corrected chi connectivity index (χ4v) is 2.44. The lowest BCUT2D eigenvalue weighted by Crippen LogP contribution is -2.35. The van der Waals surface area contributed by atoms with Crippen LogP contribution in [0.1, 0.15) is 26.9 Å². The highest BCUT2D eigenvalue weighted by Crippen LogP contribution is 2.17. The number of nitrogens with zero attached hydrogens (tertiary/aromatic N) is 6. The van der Waals surface area contributed by atoms with Crippen LogP contribution in [0.3, 0.4) is 0 Å². The van der Waals surface area contributed by atoms with Crippen LogP contribution in [-0.2, 0) is 6.54 Å². The summed E-state index contributed by atoms with van der Waals surface area (Å²) < 4.78 is 6.04. The number of hydrogen-bond acceptors (Lipinski definition) is 10. The van der Waals surface area contributed by atoms with Gasteiger partial charge in [0.05, 0.1) is 22.3 Å². The van der Waals surface area contributed by atoms with Crippen molar-refractivity contribution < 1.29 is 24.0 Å². The van der Waals surface area contributed by atoms with Gasteiger partial charge in [-0.25, -0.2) is 0 Å². The van der Waals surface area contributed by atoms with E-state index in [2.05, 4.69) is 25.9 Å². The average molecular weight is 430 g/mol. The van der Waals surface area contributed by atoms with Crippen LogP contribution in [0, 0.1) is 20.2 Å². The summed E-state index contributed by atoms with van der Waals surface area (Å²) in [5, 5.41) is 33.8. The fourth-order valence-electron chi connectivity index (χ4n) is 2.44. The summed E-state index contributed by atoms with van der Waals surface area (Å²) in [5.74, 6) is -1.97. The van der Waals surface area contributed by atoms with Crippen molar-refractivity contribution in [1.82, 2.24) is 30.6 Å². The second kappa shape index (κ2) is 9.21. The second-order valence-corrected chi connectivity index (χ2v) is 5.93. The van der Waals surface area contributed by atoms with Crippen molar-refractivity contribution in [3.05, 3.63) is 74.0 Å². The quantitative estimate of drug-likeness (QED) is 0.270. The third-order valence-corrected chi connectivity index (χ3v) is 3.82. The molecule has 0 bridgehead atoms. The molecule has 2 aromatic heterocycles. The molecule has 15 heteroatoms. The summed E-state index contributed by atoms with van der Waals surface area (Å²) in [6.45, 7) is -0.0562. The van der Waals surface area contributed by atoms with Gasteiger partial charge in [-0.3, -0.25) is 19.7 Å². The summed E-state index contributed by atoms with van der Waals surface area (Å²) in [6.07, 6.45) is 1.36. The SMILES string of the molecule is O=C(NCCNC(=O)c1ccccc1[N+](=O)[O-])c1nc(Cn2ccc([N+](=O)[O-])n2)no1. The fraction of sp³-hybridized carbons (Fsp3) is 0.188. The molecule has 0 fully saturated rings. The number of benzene rings is 1. The Morgan fingerprint density at radius 2 is 1.74 bits per heavy atom. The third kappa shape index (κ3) is 5.22. The number of hydrogen-bond donors (Lipinski definition) is 2. The normalized spacial score (nSPS) is 10.5. The molecular formula is C16H14N8O7. The largest absolute Gasteiger partial charge is 0.389 e. The monoisotopic (exact) mass is 430 g/mol. The molecule has 0 spiro atoms. The van der Waals surface area contributed by atoms with Crippen LogP contribution in [0.15, 0.2) is 41.1 Å². The zero-order valence-electron chi connectivity index (χ0n) is 15.6. The van der Waals surface area contributed by atoms with E-state index in [0.29, 0.717) is 0 Å². The van der Waals surface area contributed by atoms with E-state index in [1.54, 1.807) is 0 Å². The van der Waals surface area contributed by atoms with Crippen molar-refractivity contribution in [2.75, 3.05) is 13.1 Å². The first-order valence-corrected chi connectivity index (χ1v) is 8.65. The highest BCUT2D eigenvalue weighted by molar-refractivity contribution is 5.98. The van der Waals surface area contributed by atoms with E-state index in [0.717, 1.165) is 0 Å². The Bertz CT molecular complexity index is 1140. The number of aromatic nitrogens is 4. The molecule has 0 aliphatic rings. The van der Waals surface area contributed by atoms with Crippen molar-refractivity contribution in [3.63, 3.8) is 0 Å². The topological polar surface area (TPSA) is 201 Å². The molecule has 31 heavy (non-hydrogen) atoms. The Kier molecular flexibility index (Phi) is 6.24. The predicted molar refractivity (Wildman–Crippen MR) is 100 cm³/mol. The number of nitro benzene ring substituents is 1. The molecule has 0 radical (unpaired) electrons. The van der Waals surface area contributed by atoms with Crippen molar-refractivity contribution in [2.45, 2.75) is 6.54 Å². The second-order valence-electron chi connectivity index (χ2n) is 5.93. The van der Waals surface area contributed by atoms with Crippen molar-refractivity contribution in [1.29, 1.82) is 0 Å². The van der Waals surface area contributed by atoms with Gasteiger partial charge in [-0.15, -0.1) is 0 Å². The highest BCUT2D eigenvalue weighted by atomic mass is 16.6. The summed E-state index contributed by atoms with van der Waals surface area (Å²) in [7, 11) is 0. The Balaban J connectivity index is 1.47. The smallest absolute Gasteiger partial charge is 0.358 e. The van der Waals surface area contributed by atoms with E-state index in [9.17, 15) is 29.8 Å². The lowest BCUT2D eigenvalue weighted by Gasteiger charge is -2.06. The summed E-state index contributed by atoms with van der Waals surface area (Å²) >= 11 is 0. The molecule has 2 N–H and O–H groups in total. The zero-order chi connectivity index (χ0) is 22.4. The predicted octanol–water partition coefficient (Wildman–Crippen LogP) is 0.291. The van der Waals surface area contributed by atoms with Gasteiger partial charge >= 0.3 is 17.6 Å². The highest BCUT2D eigenvalue weighted by Gasteiger charge is 2.20. The minimum atomic E-state index is -0.704. The maximum atomic E-state index is 12.1. The lowest BCUT2D eigenvalue weighted by atomic mass is 10.1. The van der Waals surface area contributed by atoms with E-state index in [1.807, 2.05) is 0 Å². The molecule has 0 aliphatic carbocycles. The van der Waals surface area contributed by atoms with E-state index in [4.69, 9.17) is 4.52 Å². The van der Waals surface area contributed by atoms with Gasteiger partial charge in [0.15, 0.2) is 5.82 Å². The van der Waals surface area contributed by atoms with Crippen LogP contribution < -0.4 is 10.6 Å². The molecular weight excluding hydrogens is 416 g/mol. The number of para-hydroxylation sites is 1. The number of carbonyl (C=O) groups is 2. The maximum Gasteiger partial charge on any atom is 0.389 e. The van der Waals surface area contributed by atoms with Gasteiger partial charge in [0.25, 0.3) is 11.6 Å². The van der Waals surface area contributed by atoms with Crippen LogP contribution in [0.2, 0.25) is 0 Å². The van der Waals surface area contributed by atoms with Crippen LogP contribution in [0.5, 0.6) is 0 Å². The van der Waals surface area contributed by atoms with E-state index in [1.165, 1.54) is 41.2 Å². The van der Waals surface area contributed by atoms with Gasteiger partial charge in [0, 0.05) is 19.2 Å². The number of amides is 2. The van der Waals surface area contributed by atoms with Gasteiger partial charge < -0.3 is 25.3 Å². The van der Waals surface area contributed by atoms with Crippen LogP contribution in [0.4, 0.5) is 11.5 Å². The Morgan fingerprint density at radius 3 is 2.42 bits per heavy atom. The van der Waals surface area contributed by atoms with Crippen molar-refractivity contribution in [3.8, 4) is 0 Å². The minimum Gasteiger partial charge on any atom is -0.358 e. The number of nitrogens with one attached hydrogen (secondary N) is 2. The van der Waals surface area contributed by atoms with E-state index >= 15 is 0 Å². The molecule has 2 amide bonds. The third-order valence-electron chi connectivity index (χ3n) is 3.82. The molecule has 160 valence electrons. The van der Waals surface area contributed by atoms with Crippen molar-refractivity contribution in [2.24, 2.45) is 0 Å². The van der Waals surface area contributed by atoms with Crippen LogP contribution in [0.25, 0.3) is 0 Å². The van der Waals surface area contributed by atoms with Gasteiger partial charge in [-0.1, -0.05) is 17.3 Å². The molecule has 15 nitrogen and oxygen atoms in total. The number of rotatable bonds is 9. The van der Waals surface area contributed by atoms with Crippen molar-refractivity contribution >= 4 is 23.3 Å². The minimum absolute atomic E-state index is 0.00539. The molecule has 0 atom stereocenters. The summed E-state index contributed by atoms with van der Waals surface area (Å²) in [6, 6.07) is 6.68. The molecule has 2 heterocycles. The van der Waals surface area contributed by atoms with Gasteiger partial charge in [-0.05, 0) is 11.0 Å². The molecule has 0 saturated carbocycles. The van der Waals surface area contributed by atoms with Gasteiger partial charge in [0.1, 0.15) is 12.1 Å². The average Bonchev–Trinajstić information content (AvgIpc) is 3.41. The maximum absolute atomic E-state index is 12.1. The lowest BCUT2D eigenvalue weighted by molar-refractivity contribution is -0.389. The van der Waals surface area contributed by atoms with E-state index < -0.39 is 21.7 Å². The Labute approximate surface area is 172 Å². The zero-order valence-corrected chi connectivity index (χ0v) is 15.6. The molecule has 1 aromatic carbocycles. The first-order valence-electron chi connectivity index (χ1n) is 8.65. The van der Waals surface area contributed by atoms with E-state index in [-0.39, 0.29) is 48.4 Å². The molecule has 0 unspecified atom stereocenters. The summed E-state index contributed by atoms with van der Waals surface area (Å²) in [5.41, 5.74) is -0.427. The molecule has 3 rings (SSSR count). The van der Waals surface area contributed by atoms with Gasteiger partial charge in [0.2, 0.25) is 0 Å². The number of nitro groups is 2. The first kappa shape index (κ1) is 21.0. The van der Waals surface area contributed by atoms with Crippen LogP contribution in [-0.4, -0.2) is 54.7 Å². The van der Waals surface area contributed by atoms with Crippen LogP contribution >= 0.6 is 0 Å². The number of carbonyl (C=O) groups excluding carboxylic acids is 2. The standard InChI is InChI=1S/C16H14N8O7/c25-14(10-3-1-2-4-11(10)23(27)28)17-6-7-18-15(26)16-19-12(21-31-16)9-22-8-5-13(20-22)24(29)30/h1-5,8H,6-7,9H2,(H,17,25)(H,18,26). The van der Waals surface area contributed by atoms with Gasteiger partial charge in [-0.2, -0.15) is 9.67 Å². The first-order chi connectivity index (χ1) is 14.8.